The highest BCUT2D eigenvalue weighted by Gasteiger charge is 2.17. The Hall–Kier alpha value is -1.83. The molecule has 3 N–H and O–H groups in total. The normalized spacial score (nSPS) is 16.3. The Balaban J connectivity index is 1.69. The highest BCUT2D eigenvalue weighted by Crippen LogP contribution is 2.28. The fourth-order valence-corrected chi connectivity index (χ4v) is 2.82. The molecule has 3 rings (SSSR count). The minimum atomic E-state index is 0.131. The summed E-state index contributed by atoms with van der Waals surface area (Å²) < 4.78 is 1.62. The van der Waals surface area contributed by atoms with Crippen LogP contribution < -0.4 is 10.5 Å². The quantitative estimate of drug-likeness (QED) is 0.730. The van der Waals surface area contributed by atoms with E-state index in [-0.39, 0.29) is 10.9 Å². The molecule has 2 aromatic rings. The SMILES string of the molecule is ON(O)c1c(NCCN2CCCCC2)nn2ccccc12. The van der Waals surface area contributed by atoms with Crippen LogP contribution in [0.3, 0.4) is 0 Å². The molecule has 0 spiro atoms. The molecule has 1 fully saturated rings. The van der Waals surface area contributed by atoms with Crippen LogP contribution in [0.5, 0.6) is 0 Å². The van der Waals surface area contributed by atoms with Gasteiger partial charge in [0.15, 0.2) is 11.5 Å². The monoisotopic (exact) mass is 291 g/mol. The third kappa shape index (κ3) is 3.10. The van der Waals surface area contributed by atoms with Gasteiger partial charge < -0.3 is 10.2 Å². The lowest BCUT2D eigenvalue weighted by molar-refractivity contribution is 0.0303. The zero-order chi connectivity index (χ0) is 14.7. The first kappa shape index (κ1) is 14.1. The van der Waals surface area contributed by atoms with Crippen molar-refractivity contribution in [2.75, 3.05) is 36.7 Å². The number of fused-ring (bicyclic) bond motifs is 1. The van der Waals surface area contributed by atoms with Crippen LogP contribution in [0.1, 0.15) is 19.3 Å². The maximum Gasteiger partial charge on any atom is 0.177 e. The topological polar surface area (TPSA) is 76.3 Å². The molecule has 7 nitrogen and oxygen atoms in total. The van der Waals surface area contributed by atoms with Crippen molar-refractivity contribution in [2.45, 2.75) is 19.3 Å². The minimum absolute atomic E-state index is 0.131. The lowest BCUT2D eigenvalue weighted by Gasteiger charge is -2.26. The second kappa shape index (κ2) is 6.30. The molecule has 3 heterocycles. The maximum absolute atomic E-state index is 9.42. The van der Waals surface area contributed by atoms with Crippen molar-refractivity contribution in [3.05, 3.63) is 24.4 Å². The Labute approximate surface area is 123 Å². The zero-order valence-corrected chi connectivity index (χ0v) is 11.9. The molecule has 0 amide bonds. The number of nitrogens with one attached hydrogen (secondary N) is 1. The second-order valence-electron chi connectivity index (χ2n) is 5.35. The first-order chi connectivity index (χ1) is 10.3. The zero-order valence-electron chi connectivity index (χ0n) is 11.9. The van der Waals surface area contributed by atoms with Gasteiger partial charge in [-0.25, -0.2) is 4.52 Å². The maximum atomic E-state index is 9.42. The number of rotatable bonds is 5. The Morgan fingerprint density at radius 1 is 1.19 bits per heavy atom. The summed E-state index contributed by atoms with van der Waals surface area (Å²) in [7, 11) is 0. The van der Waals surface area contributed by atoms with Crippen molar-refractivity contribution in [3.8, 4) is 0 Å². The van der Waals surface area contributed by atoms with Crippen LogP contribution in [-0.4, -0.2) is 51.1 Å². The predicted octanol–water partition coefficient (Wildman–Crippen LogP) is 1.82. The van der Waals surface area contributed by atoms with Crippen molar-refractivity contribution in [2.24, 2.45) is 0 Å². The Bertz CT molecular complexity index is 592. The number of likely N-dealkylation sites (tertiary alicyclic amines) is 1. The van der Waals surface area contributed by atoms with Gasteiger partial charge in [-0.1, -0.05) is 12.5 Å². The molecule has 1 aliphatic heterocycles. The van der Waals surface area contributed by atoms with E-state index in [1.54, 1.807) is 16.8 Å². The molecule has 1 saturated heterocycles. The molecule has 0 bridgehead atoms. The summed E-state index contributed by atoms with van der Waals surface area (Å²) in [5, 5.41) is 26.5. The largest absolute Gasteiger partial charge is 0.365 e. The third-order valence-corrected chi connectivity index (χ3v) is 3.88. The predicted molar refractivity (Wildman–Crippen MR) is 80.0 cm³/mol. The van der Waals surface area contributed by atoms with E-state index in [9.17, 15) is 10.4 Å². The van der Waals surface area contributed by atoms with E-state index in [1.807, 2.05) is 12.1 Å². The van der Waals surface area contributed by atoms with E-state index in [0.29, 0.717) is 11.3 Å². The summed E-state index contributed by atoms with van der Waals surface area (Å²) in [6.45, 7) is 3.95. The van der Waals surface area contributed by atoms with E-state index in [2.05, 4.69) is 15.3 Å². The van der Waals surface area contributed by atoms with Crippen molar-refractivity contribution >= 4 is 17.0 Å². The average Bonchev–Trinajstić information content (AvgIpc) is 2.86. The highest BCUT2D eigenvalue weighted by atomic mass is 16.8. The molecule has 21 heavy (non-hydrogen) atoms. The molecule has 114 valence electrons. The Kier molecular flexibility index (Phi) is 4.23. The smallest absolute Gasteiger partial charge is 0.177 e. The van der Waals surface area contributed by atoms with Gasteiger partial charge in [-0.3, -0.25) is 10.4 Å². The molecule has 0 radical (unpaired) electrons. The van der Waals surface area contributed by atoms with E-state index in [1.165, 1.54) is 19.3 Å². The number of hydrogen-bond acceptors (Lipinski definition) is 6. The number of aromatic nitrogens is 2. The molecule has 7 heteroatoms. The van der Waals surface area contributed by atoms with Gasteiger partial charge in [-0.15, -0.1) is 10.3 Å². The second-order valence-corrected chi connectivity index (χ2v) is 5.35. The van der Waals surface area contributed by atoms with Crippen molar-refractivity contribution in [3.63, 3.8) is 0 Å². The van der Waals surface area contributed by atoms with Crippen LogP contribution in [0.2, 0.25) is 0 Å². The molecule has 1 aliphatic rings. The molecule has 0 atom stereocenters. The van der Waals surface area contributed by atoms with Gasteiger partial charge >= 0.3 is 0 Å². The number of nitrogens with zero attached hydrogens (tertiary/aromatic N) is 4. The van der Waals surface area contributed by atoms with E-state index in [4.69, 9.17) is 0 Å². The van der Waals surface area contributed by atoms with E-state index >= 15 is 0 Å². The molecule has 0 aromatic carbocycles. The third-order valence-electron chi connectivity index (χ3n) is 3.88. The number of hydrogen-bond donors (Lipinski definition) is 3. The summed E-state index contributed by atoms with van der Waals surface area (Å²) in [6, 6.07) is 5.47. The molecular weight excluding hydrogens is 270 g/mol. The highest BCUT2D eigenvalue weighted by molar-refractivity contribution is 5.82. The first-order valence-electron chi connectivity index (χ1n) is 7.37. The summed E-state index contributed by atoms with van der Waals surface area (Å²) in [6.07, 6.45) is 5.63. The van der Waals surface area contributed by atoms with Crippen LogP contribution >= 0.6 is 0 Å². The molecule has 0 aliphatic carbocycles. The summed E-state index contributed by atoms with van der Waals surface area (Å²) >= 11 is 0. The lowest BCUT2D eigenvalue weighted by Crippen LogP contribution is -2.33. The summed E-state index contributed by atoms with van der Waals surface area (Å²) in [5.74, 6) is 0.475. The van der Waals surface area contributed by atoms with Crippen LogP contribution in [0.4, 0.5) is 11.5 Å². The fourth-order valence-electron chi connectivity index (χ4n) is 2.82. The lowest BCUT2D eigenvalue weighted by atomic mass is 10.1. The van der Waals surface area contributed by atoms with Gasteiger partial charge in [-0.2, -0.15) is 0 Å². The van der Waals surface area contributed by atoms with Gasteiger partial charge in [0.05, 0.1) is 5.52 Å². The molecule has 0 unspecified atom stereocenters. The fraction of sp³-hybridized carbons (Fsp3) is 0.500. The van der Waals surface area contributed by atoms with Gasteiger partial charge in [0, 0.05) is 19.3 Å². The van der Waals surface area contributed by atoms with Crippen LogP contribution in [0.15, 0.2) is 24.4 Å². The number of pyridine rings is 1. The number of piperidine rings is 1. The standard InChI is InChI=1S/C14H21N5O2/c20-19(21)13-12-6-2-5-10-18(12)16-14(13)15-7-11-17-8-3-1-4-9-17/h2,5-6,10,20-21H,1,3-4,7-9,11H2,(H,15,16). The summed E-state index contributed by atoms with van der Waals surface area (Å²) in [5.41, 5.74) is 0.914. The van der Waals surface area contributed by atoms with Crippen LogP contribution in [-0.2, 0) is 0 Å². The van der Waals surface area contributed by atoms with E-state index < -0.39 is 0 Å². The van der Waals surface area contributed by atoms with Gasteiger partial charge in [-0.05, 0) is 38.1 Å². The van der Waals surface area contributed by atoms with Gasteiger partial charge in [0.1, 0.15) is 0 Å². The van der Waals surface area contributed by atoms with Gasteiger partial charge in [0.2, 0.25) is 0 Å². The Morgan fingerprint density at radius 2 is 2.00 bits per heavy atom. The minimum Gasteiger partial charge on any atom is -0.365 e. The van der Waals surface area contributed by atoms with Crippen LogP contribution in [0, 0.1) is 0 Å². The summed E-state index contributed by atoms with van der Waals surface area (Å²) in [4.78, 5) is 2.42. The van der Waals surface area contributed by atoms with Crippen molar-refractivity contribution < 1.29 is 10.4 Å². The first-order valence-corrected chi connectivity index (χ1v) is 7.37. The molecular formula is C14H21N5O2. The van der Waals surface area contributed by atoms with E-state index in [0.717, 1.165) is 26.2 Å². The average molecular weight is 291 g/mol. The van der Waals surface area contributed by atoms with Crippen LogP contribution in [0.25, 0.3) is 5.52 Å². The van der Waals surface area contributed by atoms with Crippen molar-refractivity contribution in [1.82, 2.24) is 14.5 Å². The Morgan fingerprint density at radius 3 is 2.76 bits per heavy atom. The van der Waals surface area contributed by atoms with Gasteiger partial charge in [0.25, 0.3) is 0 Å². The number of anilines is 2. The molecule has 2 aromatic heterocycles. The van der Waals surface area contributed by atoms with Crippen molar-refractivity contribution in [1.29, 1.82) is 0 Å². The molecule has 0 saturated carbocycles.